The third-order valence-corrected chi connectivity index (χ3v) is 4.33. The largest absolute Gasteiger partial charge is 0.313 e. The zero-order chi connectivity index (χ0) is 15.3. The summed E-state index contributed by atoms with van der Waals surface area (Å²) in [6, 6.07) is 11.9. The van der Waals surface area contributed by atoms with Crippen LogP contribution in [0.3, 0.4) is 0 Å². The first-order chi connectivity index (χ1) is 10.0. The SMILES string of the molecule is CCNCc1ccccc1NS(=O)(=O)c1ccc(F)cc1. The molecular weight excluding hydrogens is 291 g/mol. The zero-order valence-corrected chi connectivity index (χ0v) is 12.5. The molecule has 0 bridgehead atoms. The molecule has 2 rings (SSSR count). The Morgan fingerprint density at radius 3 is 2.38 bits per heavy atom. The summed E-state index contributed by atoms with van der Waals surface area (Å²) < 4.78 is 40.0. The van der Waals surface area contributed by atoms with Crippen molar-refractivity contribution in [1.29, 1.82) is 0 Å². The lowest BCUT2D eigenvalue weighted by Gasteiger charge is -2.13. The fourth-order valence-corrected chi connectivity index (χ4v) is 2.95. The highest BCUT2D eigenvalue weighted by atomic mass is 32.2. The molecule has 0 unspecified atom stereocenters. The van der Waals surface area contributed by atoms with E-state index in [0.717, 1.165) is 24.2 Å². The summed E-state index contributed by atoms with van der Waals surface area (Å²) in [5.41, 5.74) is 1.37. The van der Waals surface area contributed by atoms with Gasteiger partial charge in [-0.1, -0.05) is 25.1 Å². The van der Waals surface area contributed by atoms with Crippen LogP contribution in [0.4, 0.5) is 10.1 Å². The molecule has 0 aliphatic heterocycles. The molecule has 0 radical (unpaired) electrons. The predicted octanol–water partition coefficient (Wildman–Crippen LogP) is 2.74. The third-order valence-electron chi connectivity index (χ3n) is 2.95. The van der Waals surface area contributed by atoms with Crippen LogP contribution in [0, 0.1) is 5.82 Å². The minimum atomic E-state index is -3.72. The first-order valence-electron chi connectivity index (χ1n) is 6.60. The molecular formula is C15H17FN2O2S. The average molecular weight is 308 g/mol. The quantitative estimate of drug-likeness (QED) is 0.862. The van der Waals surface area contributed by atoms with Crippen molar-refractivity contribution < 1.29 is 12.8 Å². The molecule has 0 aromatic heterocycles. The van der Waals surface area contributed by atoms with E-state index in [-0.39, 0.29) is 4.90 Å². The van der Waals surface area contributed by atoms with E-state index in [4.69, 9.17) is 0 Å². The predicted molar refractivity (Wildman–Crippen MR) is 81.0 cm³/mol. The standard InChI is InChI=1S/C15H17FN2O2S/c1-2-17-11-12-5-3-4-6-15(12)18-21(19,20)14-9-7-13(16)8-10-14/h3-10,17-18H,2,11H2,1H3. The monoisotopic (exact) mass is 308 g/mol. The Labute approximate surface area is 124 Å². The number of anilines is 1. The Morgan fingerprint density at radius 1 is 1.05 bits per heavy atom. The molecule has 0 saturated heterocycles. The second kappa shape index (κ2) is 6.69. The van der Waals surface area contributed by atoms with E-state index in [9.17, 15) is 12.8 Å². The second-order valence-corrected chi connectivity index (χ2v) is 6.18. The number of rotatable bonds is 6. The maximum absolute atomic E-state index is 12.9. The van der Waals surface area contributed by atoms with E-state index >= 15 is 0 Å². The van der Waals surface area contributed by atoms with Gasteiger partial charge in [0.05, 0.1) is 10.6 Å². The second-order valence-electron chi connectivity index (χ2n) is 4.50. The lowest BCUT2D eigenvalue weighted by Crippen LogP contribution is -2.17. The van der Waals surface area contributed by atoms with Crippen LogP contribution in [0.2, 0.25) is 0 Å². The highest BCUT2D eigenvalue weighted by molar-refractivity contribution is 7.92. The van der Waals surface area contributed by atoms with Gasteiger partial charge in [-0.3, -0.25) is 4.72 Å². The topological polar surface area (TPSA) is 58.2 Å². The summed E-state index contributed by atoms with van der Waals surface area (Å²) in [6.07, 6.45) is 0. The molecule has 2 aromatic rings. The fraction of sp³-hybridized carbons (Fsp3) is 0.200. The number of sulfonamides is 1. The van der Waals surface area contributed by atoms with E-state index in [2.05, 4.69) is 10.0 Å². The number of hydrogen-bond donors (Lipinski definition) is 2. The average Bonchev–Trinajstić information content (AvgIpc) is 2.46. The van der Waals surface area contributed by atoms with Gasteiger partial charge in [-0.15, -0.1) is 0 Å². The van der Waals surface area contributed by atoms with Crippen LogP contribution >= 0.6 is 0 Å². The van der Waals surface area contributed by atoms with Gasteiger partial charge in [-0.05, 0) is 42.4 Å². The van der Waals surface area contributed by atoms with E-state index in [1.54, 1.807) is 12.1 Å². The molecule has 0 amide bonds. The Balaban J connectivity index is 2.26. The molecule has 0 heterocycles. The van der Waals surface area contributed by atoms with Crippen LogP contribution in [-0.2, 0) is 16.6 Å². The van der Waals surface area contributed by atoms with Gasteiger partial charge in [0.1, 0.15) is 5.82 Å². The highest BCUT2D eigenvalue weighted by Gasteiger charge is 2.15. The Morgan fingerprint density at radius 2 is 1.71 bits per heavy atom. The highest BCUT2D eigenvalue weighted by Crippen LogP contribution is 2.20. The first kappa shape index (κ1) is 15.5. The number of nitrogens with one attached hydrogen (secondary N) is 2. The summed E-state index contributed by atoms with van der Waals surface area (Å²) in [5.74, 6) is -0.471. The van der Waals surface area contributed by atoms with Gasteiger partial charge in [-0.25, -0.2) is 12.8 Å². The number of para-hydroxylation sites is 1. The molecule has 2 aromatic carbocycles. The van der Waals surface area contributed by atoms with Gasteiger partial charge >= 0.3 is 0 Å². The smallest absolute Gasteiger partial charge is 0.261 e. The lowest BCUT2D eigenvalue weighted by atomic mass is 10.2. The van der Waals surface area contributed by atoms with Crippen molar-refractivity contribution in [2.75, 3.05) is 11.3 Å². The summed E-state index contributed by atoms with van der Waals surface area (Å²) >= 11 is 0. The van der Waals surface area contributed by atoms with E-state index in [0.29, 0.717) is 12.2 Å². The van der Waals surface area contributed by atoms with Gasteiger partial charge in [0, 0.05) is 6.54 Å². The summed E-state index contributed by atoms with van der Waals surface area (Å²) in [5, 5.41) is 3.15. The minimum Gasteiger partial charge on any atom is -0.313 e. The molecule has 0 saturated carbocycles. The van der Waals surface area contributed by atoms with Gasteiger partial charge in [0.25, 0.3) is 10.0 Å². The summed E-state index contributed by atoms with van der Waals surface area (Å²) in [7, 11) is -3.72. The molecule has 21 heavy (non-hydrogen) atoms. The van der Waals surface area contributed by atoms with Gasteiger partial charge in [0.2, 0.25) is 0 Å². The van der Waals surface area contributed by atoms with Crippen molar-refractivity contribution in [3.8, 4) is 0 Å². The van der Waals surface area contributed by atoms with Crippen LogP contribution in [0.25, 0.3) is 0 Å². The molecule has 0 atom stereocenters. The number of hydrogen-bond acceptors (Lipinski definition) is 3. The van der Waals surface area contributed by atoms with Gasteiger partial charge in [-0.2, -0.15) is 0 Å². The number of benzene rings is 2. The van der Waals surface area contributed by atoms with Crippen molar-refractivity contribution in [3.63, 3.8) is 0 Å². The molecule has 4 nitrogen and oxygen atoms in total. The Hall–Kier alpha value is -1.92. The normalized spacial score (nSPS) is 11.3. The van der Waals surface area contributed by atoms with Crippen molar-refractivity contribution in [3.05, 3.63) is 59.9 Å². The van der Waals surface area contributed by atoms with E-state index < -0.39 is 15.8 Å². The first-order valence-corrected chi connectivity index (χ1v) is 8.08. The Kier molecular flexibility index (Phi) is 4.93. The molecule has 0 aliphatic rings. The van der Waals surface area contributed by atoms with Gasteiger partial charge in [0.15, 0.2) is 0 Å². The lowest BCUT2D eigenvalue weighted by molar-refractivity contribution is 0.599. The Bertz CT molecular complexity index is 700. The molecule has 0 aliphatic carbocycles. The molecule has 112 valence electrons. The van der Waals surface area contributed by atoms with Crippen molar-refractivity contribution in [2.24, 2.45) is 0 Å². The molecule has 0 fully saturated rings. The van der Waals surface area contributed by atoms with Crippen molar-refractivity contribution in [2.45, 2.75) is 18.4 Å². The van der Waals surface area contributed by atoms with Crippen LogP contribution in [0.1, 0.15) is 12.5 Å². The van der Waals surface area contributed by atoms with E-state index in [1.165, 1.54) is 12.1 Å². The van der Waals surface area contributed by atoms with Crippen molar-refractivity contribution >= 4 is 15.7 Å². The fourth-order valence-electron chi connectivity index (χ4n) is 1.85. The van der Waals surface area contributed by atoms with Crippen LogP contribution < -0.4 is 10.0 Å². The summed E-state index contributed by atoms with van der Waals surface area (Å²) in [6.45, 7) is 3.34. The summed E-state index contributed by atoms with van der Waals surface area (Å²) in [4.78, 5) is 0.0298. The van der Waals surface area contributed by atoms with Crippen molar-refractivity contribution in [1.82, 2.24) is 5.32 Å². The molecule has 2 N–H and O–H groups in total. The maximum atomic E-state index is 12.9. The van der Waals surface area contributed by atoms with Crippen LogP contribution in [0.5, 0.6) is 0 Å². The van der Waals surface area contributed by atoms with Crippen LogP contribution in [0.15, 0.2) is 53.4 Å². The molecule has 6 heteroatoms. The zero-order valence-electron chi connectivity index (χ0n) is 11.6. The molecule has 0 spiro atoms. The number of halogens is 1. The van der Waals surface area contributed by atoms with E-state index in [1.807, 2.05) is 19.1 Å². The van der Waals surface area contributed by atoms with Crippen LogP contribution in [-0.4, -0.2) is 15.0 Å². The van der Waals surface area contributed by atoms with Gasteiger partial charge < -0.3 is 5.32 Å². The maximum Gasteiger partial charge on any atom is 0.261 e. The minimum absolute atomic E-state index is 0.0298. The third kappa shape index (κ3) is 4.03.